The third kappa shape index (κ3) is 79.5. The number of nitrogens with zero attached hydrogens (tertiary/aromatic N) is 3. The second-order valence-corrected chi connectivity index (χ2v) is 11.2. The summed E-state index contributed by atoms with van der Waals surface area (Å²) in [5.41, 5.74) is 0. The van der Waals surface area contributed by atoms with Crippen LogP contribution in [0.5, 0.6) is 0 Å². The van der Waals surface area contributed by atoms with Crippen LogP contribution in [0.2, 0.25) is 0 Å². The first-order chi connectivity index (χ1) is 15.7. The average Bonchev–Trinajstić information content (AvgIpc) is 2.64. The molecule has 0 atom stereocenters. The Labute approximate surface area is 214 Å². The van der Waals surface area contributed by atoms with Gasteiger partial charge >= 0.3 is 0 Å². The van der Waals surface area contributed by atoms with Crippen molar-refractivity contribution in [3.05, 3.63) is 0 Å². The van der Waals surface area contributed by atoms with Gasteiger partial charge in [-0.2, -0.15) is 7.82 Å². The first kappa shape index (κ1) is 40.7. The Morgan fingerprint density at radius 3 is 0.857 bits per heavy atom. The van der Waals surface area contributed by atoms with Gasteiger partial charge in [-0.15, -0.1) is 19.3 Å². The number of phosphoric acid groups is 1. The molecule has 0 aliphatic heterocycles. The maximum atomic E-state index is 8.55. The summed E-state index contributed by atoms with van der Waals surface area (Å²) in [5.74, 6) is 7.27. The van der Waals surface area contributed by atoms with Gasteiger partial charge < -0.3 is 46.9 Å². The van der Waals surface area contributed by atoms with Crippen molar-refractivity contribution >= 4 is 7.82 Å². The van der Waals surface area contributed by atoms with Gasteiger partial charge in [0.05, 0.1) is 83.2 Å². The van der Waals surface area contributed by atoms with Crippen LogP contribution in [0.4, 0.5) is 0 Å². The van der Waals surface area contributed by atoms with E-state index in [1.54, 1.807) is 0 Å². The highest BCUT2D eigenvalue weighted by Gasteiger charge is 2.05. The molecule has 0 rings (SSSR count). The molecule has 0 aromatic heterocycles. The normalized spacial score (nSPS) is 11.1. The van der Waals surface area contributed by atoms with Crippen LogP contribution in [0.15, 0.2) is 0 Å². The van der Waals surface area contributed by atoms with Crippen LogP contribution in [-0.4, -0.2) is 136 Å². The molecule has 0 fully saturated rings. The van der Waals surface area contributed by atoms with Crippen LogP contribution in [0, 0.1) is 37.0 Å². The minimum absolute atomic E-state index is 0.431. The molecule has 0 radical (unpaired) electrons. The molecule has 0 amide bonds. The van der Waals surface area contributed by atoms with Crippen LogP contribution < -0.4 is 14.7 Å². The maximum absolute atomic E-state index is 8.55. The molecule has 0 saturated heterocycles. The molecule has 206 valence electrons. The molecule has 10 nitrogen and oxygen atoms in total. The summed E-state index contributed by atoms with van der Waals surface area (Å²) in [4.78, 5) is 25.6. The number of terminal acetylenes is 3. The fourth-order valence-corrected chi connectivity index (χ4v) is 1.41. The average molecular weight is 522 g/mol. The number of quaternary nitrogens is 3. The number of ether oxygens (including phenoxy) is 3. The van der Waals surface area contributed by atoms with Crippen LogP contribution in [0.1, 0.15) is 0 Å². The molecule has 0 spiro atoms. The summed E-state index contributed by atoms with van der Waals surface area (Å²) in [6.07, 6.45) is 15.0. The van der Waals surface area contributed by atoms with Crippen molar-refractivity contribution in [3.63, 3.8) is 0 Å². The summed E-state index contributed by atoms with van der Waals surface area (Å²) in [6, 6.07) is 0. The Morgan fingerprint density at radius 1 is 0.571 bits per heavy atom. The third-order valence-electron chi connectivity index (χ3n) is 3.28. The standard InChI is InChI=1S/3C8H16NO.H3O4P/c3*1-5-7-10-8-6-9(2,3)4;1-5(2,3)4/h3*1H,6-8H2,2-4H3;(H3,1,2,3,4)/q3*+1;/p-3. The molecule has 0 aliphatic carbocycles. The first-order valence-electron chi connectivity index (χ1n) is 10.9. The highest BCUT2D eigenvalue weighted by molar-refractivity contribution is 7.40. The van der Waals surface area contributed by atoms with E-state index in [-0.39, 0.29) is 0 Å². The Balaban J connectivity index is -0.000000188. The number of hydrogen-bond acceptors (Lipinski definition) is 7. The second-order valence-electron chi connectivity index (χ2n) is 10.3. The Morgan fingerprint density at radius 2 is 0.743 bits per heavy atom. The minimum atomic E-state index is -5.39. The zero-order valence-electron chi connectivity index (χ0n) is 23.2. The van der Waals surface area contributed by atoms with Gasteiger partial charge in [0.2, 0.25) is 0 Å². The van der Waals surface area contributed by atoms with Crippen molar-refractivity contribution in [3.8, 4) is 37.0 Å². The summed E-state index contributed by atoms with van der Waals surface area (Å²) in [6.45, 7) is 6.53. The minimum Gasteiger partial charge on any atom is -0.822 e. The molecular weight excluding hydrogens is 473 g/mol. The molecule has 0 aromatic rings. The van der Waals surface area contributed by atoms with Crippen molar-refractivity contribution in [1.29, 1.82) is 0 Å². The van der Waals surface area contributed by atoms with Crippen molar-refractivity contribution < 1.29 is 46.9 Å². The molecule has 35 heavy (non-hydrogen) atoms. The topological polar surface area (TPSA) is 114 Å². The molecule has 0 N–H and O–H groups in total. The summed E-state index contributed by atoms with van der Waals surface area (Å²) < 4.78 is 26.6. The quantitative estimate of drug-likeness (QED) is 0.129. The maximum Gasteiger partial charge on any atom is 0.107 e. The van der Waals surface area contributed by atoms with E-state index in [4.69, 9.17) is 52.7 Å². The Hall–Kier alpha value is -1.45. The Kier molecular flexibility index (Phi) is 26.7. The van der Waals surface area contributed by atoms with E-state index in [9.17, 15) is 0 Å². The lowest BCUT2D eigenvalue weighted by molar-refractivity contribution is -0.870. The lowest BCUT2D eigenvalue weighted by atomic mass is 10.5. The number of rotatable bonds is 12. The largest absolute Gasteiger partial charge is 0.822 e. The predicted molar refractivity (Wildman–Crippen MR) is 135 cm³/mol. The summed E-state index contributed by atoms with van der Waals surface area (Å²) in [7, 11) is 13.7. The van der Waals surface area contributed by atoms with Gasteiger partial charge in [0.25, 0.3) is 0 Å². The van der Waals surface area contributed by atoms with E-state index < -0.39 is 7.82 Å². The fraction of sp³-hybridized carbons (Fsp3) is 0.750. The van der Waals surface area contributed by atoms with Gasteiger partial charge in [-0.1, -0.05) is 17.8 Å². The third-order valence-corrected chi connectivity index (χ3v) is 3.28. The van der Waals surface area contributed by atoms with Crippen LogP contribution in [0.25, 0.3) is 0 Å². The SMILES string of the molecule is C#CCOCC[N+](C)(C)C.C#CCOCC[N+](C)(C)C.C#CCOCC[N+](C)(C)C.O=P([O-])([O-])[O-]. The van der Waals surface area contributed by atoms with E-state index in [2.05, 4.69) is 81.2 Å². The first-order valence-corrected chi connectivity index (χ1v) is 12.3. The van der Waals surface area contributed by atoms with Crippen molar-refractivity contribution in [2.45, 2.75) is 0 Å². The zero-order chi connectivity index (χ0) is 28.6. The Bertz CT molecular complexity index is 571. The van der Waals surface area contributed by atoms with E-state index in [1.165, 1.54) is 0 Å². The van der Waals surface area contributed by atoms with Crippen LogP contribution in [0.3, 0.4) is 0 Å². The molecule has 0 saturated carbocycles. The highest BCUT2D eigenvalue weighted by Crippen LogP contribution is 2.03. The van der Waals surface area contributed by atoms with E-state index in [0.717, 1.165) is 52.9 Å². The summed E-state index contributed by atoms with van der Waals surface area (Å²) >= 11 is 0. The zero-order valence-corrected chi connectivity index (χ0v) is 24.1. The smallest absolute Gasteiger partial charge is 0.107 e. The monoisotopic (exact) mass is 521 g/mol. The van der Waals surface area contributed by atoms with Crippen molar-refractivity contribution in [1.82, 2.24) is 0 Å². The van der Waals surface area contributed by atoms with E-state index in [1.807, 2.05) is 0 Å². The summed E-state index contributed by atoms with van der Waals surface area (Å²) in [5, 5.41) is 0. The predicted octanol–water partition coefficient (Wildman–Crippen LogP) is -1.80. The molecular formula is C24H48N3O7P. The number of likely N-dealkylation sites (N-methyl/N-ethyl adjacent to an activating group) is 3. The number of hydrogen-bond donors (Lipinski definition) is 0. The highest BCUT2D eigenvalue weighted by atomic mass is 31.2. The second kappa shape index (κ2) is 23.0. The van der Waals surface area contributed by atoms with Gasteiger partial charge in [0.1, 0.15) is 39.5 Å². The van der Waals surface area contributed by atoms with Crippen molar-refractivity contribution in [2.75, 3.05) is 123 Å². The van der Waals surface area contributed by atoms with Gasteiger partial charge in [0.15, 0.2) is 0 Å². The molecule has 0 aromatic carbocycles. The molecule has 0 heterocycles. The van der Waals surface area contributed by atoms with E-state index in [0.29, 0.717) is 19.8 Å². The van der Waals surface area contributed by atoms with Gasteiger partial charge in [-0.05, 0) is 0 Å². The molecule has 0 aliphatic rings. The van der Waals surface area contributed by atoms with Gasteiger partial charge in [0, 0.05) is 0 Å². The fourth-order valence-electron chi connectivity index (χ4n) is 1.41. The van der Waals surface area contributed by atoms with Crippen LogP contribution in [-0.2, 0) is 18.8 Å². The van der Waals surface area contributed by atoms with Crippen molar-refractivity contribution in [2.24, 2.45) is 0 Å². The van der Waals surface area contributed by atoms with Gasteiger partial charge in [-0.25, -0.2) is 0 Å². The van der Waals surface area contributed by atoms with Crippen LogP contribution >= 0.6 is 7.82 Å². The lowest BCUT2D eigenvalue weighted by Crippen LogP contribution is -2.37. The molecule has 11 heteroatoms. The van der Waals surface area contributed by atoms with Gasteiger partial charge in [-0.3, -0.25) is 0 Å². The lowest BCUT2D eigenvalue weighted by Gasteiger charge is -2.36. The molecule has 0 bridgehead atoms. The molecule has 0 unspecified atom stereocenters. The van der Waals surface area contributed by atoms with E-state index >= 15 is 0 Å².